The van der Waals surface area contributed by atoms with E-state index >= 15 is 0 Å². The van der Waals surface area contributed by atoms with Crippen molar-refractivity contribution in [1.29, 1.82) is 0 Å². The molecule has 0 radical (unpaired) electrons. The molecule has 0 unspecified atom stereocenters. The molecule has 2 saturated heterocycles. The number of piperidine rings is 1. The van der Waals surface area contributed by atoms with Crippen LogP contribution in [0, 0.1) is 11.2 Å². The first-order valence-electron chi connectivity index (χ1n) is 10.2. The second-order valence-corrected chi connectivity index (χ2v) is 8.28. The van der Waals surface area contributed by atoms with Gasteiger partial charge in [0.25, 0.3) is 0 Å². The summed E-state index contributed by atoms with van der Waals surface area (Å²) < 4.78 is 51.3. The Bertz CT molecular complexity index is 708. The van der Waals surface area contributed by atoms with Gasteiger partial charge in [-0.05, 0) is 56.3 Å². The Balaban J connectivity index is 0.000000258. The summed E-state index contributed by atoms with van der Waals surface area (Å²) in [4.78, 5) is 13.9. The fourth-order valence-corrected chi connectivity index (χ4v) is 4.20. The van der Waals surface area contributed by atoms with E-state index in [0.717, 1.165) is 57.8 Å². The maximum atomic E-state index is 13.8. The third-order valence-corrected chi connectivity index (χ3v) is 5.90. The summed E-state index contributed by atoms with van der Waals surface area (Å²) in [5.74, 6) is -0.723. The molecule has 0 bridgehead atoms. The van der Waals surface area contributed by atoms with Gasteiger partial charge in [0.2, 0.25) is 0 Å². The van der Waals surface area contributed by atoms with Gasteiger partial charge in [-0.2, -0.15) is 18.2 Å². The normalized spacial score (nSPS) is 25.3. The van der Waals surface area contributed by atoms with E-state index in [9.17, 15) is 17.6 Å². The summed E-state index contributed by atoms with van der Waals surface area (Å²) in [5, 5.41) is 13.9. The van der Waals surface area contributed by atoms with E-state index in [1.807, 2.05) is 5.06 Å². The average molecular weight is 449 g/mol. The second kappa shape index (κ2) is 10.8. The van der Waals surface area contributed by atoms with Gasteiger partial charge in [0.05, 0.1) is 18.8 Å². The highest BCUT2D eigenvalue weighted by atomic mass is 19.4. The molecule has 4 N–H and O–H groups in total. The molecule has 1 aliphatic carbocycles. The van der Waals surface area contributed by atoms with Crippen LogP contribution in [0.4, 0.5) is 17.6 Å². The summed E-state index contributed by atoms with van der Waals surface area (Å²) >= 11 is 0. The van der Waals surface area contributed by atoms with Crippen LogP contribution in [-0.4, -0.2) is 61.9 Å². The van der Waals surface area contributed by atoms with Crippen molar-refractivity contribution in [3.63, 3.8) is 0 Å². The number of halogens is 4. The third-order valence-electron chi connectivity index (χ3n) is 5.90. The number of hydrogen-bond donors (Lipinski definition) is 3. The summed E-state index contributed by atoms with van der Waals surface area (Å²) in [5.41, 5.74) is 5.12. The van der Waals surface area contributed by atoms with Gasteiger partial charge >= 0.3 is 6.18 Å². The molecule has 1 aromatic rings. The number of aliphatic hydroxyl groups is 1. The molecule has 3 fully saturated rings. The molecule has 0 amide bonds. The number of nitrogens with two attached hydrogens (primary N) is 1. The van der Waals surface area contributed by atoms with E-state index in [4.69, 9.17) is 20.5 Å². The molecule has 3 aliphatic rings. The van der Waals surface area contributed by atoms with Crippen LogP contribution < -0.4 is 11.1 Å². The number of benzene rings is 1. The van der Waals surface area contributed by atoms with Crippen molar-refractivity contribution < 1.29 is 32.3 Å². The topological polar surface area (TPSA) is 87.8 Å². The number of hydrogen-bond acceptors (Lipinski definition) is 6. The Morgan fingerprint density at radius 2 is 1.94 bits per heavy atom. The minimum absolute atomic E-state index is 0.0243. The van der Waals surface area contributed by atoms with Gasteiger partial charge in [-0.25, -0.2) is 4.39 Å². The molecule has 31 heavy (non-hydrogen) atoms. The Morgan fingerprint density at radius 1 is 1.32 bits per heavy atom. The lowest BCUT2D eigenvalue weighted by Gasteiger charge is -2.58. The van der Waals surface area contributed by atoms with E-state index in [-0.39, 0.29) is 23.5 Å². The lowest BCUT2D eigenvalue weighted by molar-refractivity contribution is -0.254. The van der Waals surface area contributed by atoms with Crippen molar-refractivity contribution in [3.05, 3.63) is 35.1 Å². The Kier molecular flexibility index (Phi) is 8.96. The number of rotatable bonds is 2. The van der Waals surface area contributed by atoms with Crippen LogP contribution in [0.3, 0.4) is 0 Å². The lowest BCUT2D eigenvalue weighted by atomic mass is 9.56. The average Bonchev–Trinajstić information content (AvgIpc) is 2.63. The molecule has 1 saturated carbocycles. The summed E-state index contributed by atoms with van der Waals surface area (Å²) in [6, 6.07) is 2.79. The predicted octanol–water partition coefficient (Wildman–Crippen LogP) is 2.46. The second-order valence-electron chi connectivity index (χ2n) is 8.28. The van der Waals surface area contributed by atoms with Gasteiger partial charge < -0.3 is 25.8 Å². The maximum absolute atomic E-state index is 13.8. The number of carbonyl (C=O) groups is 1. The van der Waals surface area contributed by atoms with E-state index in [2.05, 4.69) is 5.32 Å². The van der Waals surface area contributed by atoms with Crippen LogP contribution in [0.15, 0.2) is 18.2 Å². The van der Waals surface area contributed by atoms with Crippen molar-refractivity contribution in [1.82, 2.24) is 10.4 Å². The molecule has 176 valence electrons. The molecule has 2 heterocycles. The number of aliphatic hydroxyl groups excluding tert-OH is 1. The van der Waals surface area contributed by atoms with E-state index < -0.39 is 17.6 Å². The van der Waals surface area contributed by atoms with Gasteiger partial charge in [0.1, 0.15) is 12.1 Å². The molecule has 1 spiro atoms. The molecular weight excluding hydrogens is 418 g/mol. The largest absolute Gasteiger partial charge is 0.416 e. The van der Waals surface area contributed by atoms with Crippen LogP contribution in [0.2, 0.25) is 0 Å². The van der Waals surface area contributed by atoms with Crippen molar-refractivity contribution in [2.75, 3.05) is 33.3 Å². The van der Waals surface area contributed by atoms with E-state index in [1.54, 1.807) is 7.11 Å². The molecule has 1 aromatic carbocycles. The number of alkyl halides is 3. The first-order chi connectivity index (χ1) is 14.5. The number of carbonyl (C=O) groups excluding carboxylic acids is 1. The molecular formula is C21H31F4N3O3. The lowest BCUT2D eigenvalue weighted by Crippen LogP contribution is -2.61. The molecule has 2 aliphatic heterocycles. The number of nitrogens with zero attached hydrogens (tertiary/aromatic N) is 1. The highest BCUT2D eigenvalue weighted by Gasteiger charge is 2.53. The fraction of sp³-hybridized carbons (Fsp3) is 0.667. The first-order valence-corrected chi connectivity index (χ1v) is 10.2. The summed E-state index contributed by atoms with van der Waals surface area (Å²) in [7, 11) is 1.61. The molecule has 2 atom stereocenters. The number of hydroxylamine groups is 2. The molecule has 10 heteroatoms. The van der Waals surface area contributed by atoms with Crippen LogP contribution in [0.1, 0.15) is 43.2 Å². The first kappa shape index (κ1) is 25.7. The smallest absolute Gasteiger partial charge is 0.391 e. The van der Waals surface area contributed by atoms with Gasteiger partial charge in [-0.15, -0.1) is 0 Å². The monoisotopic (exact) mass is 449 g/mol. The molecule has 0 aromatic heterocycles. The minimum atomic E-state index is -4.49. The number of nitrogens with one attached hydrogen (secondary N) is 1. The molecule has 6 nitrogen and oxygen atoms in total. The summed E-state index contributed by atoms with van der Waals surface area (Å²) in [6.45, 7) is 4.74. The zero-order chi connectivity index (χ0) is 23.2. The summed E-state index contributed by atoms with van der Waals surface area (Å²) in [6.07, 6.45) is -1.60. The van der Waals surface area contributed by atoms with E-state index in [0.29, 0.717) is 11.6 Å². The van der Waals surface area contributed by atoms with Gasteiger partial charge in [-0.1, -0.05) is 6.07 Å². The highest BCUT2D eigenvalue weighted by Crippen LogP contribution is 2.56. The van der Waals surface area contributed by atoms with Crippen LogP contribution in [-0.2, 0) is 15.8 Å². The van der Waals surface area contributed by atoms with Crippen molar-refractivity contribution in [3.8, 4) is 0 Å². The molecule has 4 rings (SSSR count). The van der Waals surface area contributed by atoms with Crippen molar-refractivity contribution in [2.45, 2.75) is 50.4 Å². The van der Waals surface area contributed by atoms with Crippen molar-refractivity contribution >= 4 is 6.29 Å². The zero-order valence-corrected chi connectivity index (χ0v) is 17.8. The third kappa shape index (κ3) is 6.69. The van der Waals surface area contributed by atoms with Crippen LogP contribution in [0.25, 0.3) is 0 Å². The SMILES string of the molecule is CC=O.CON1CC2(CC(c3ccc(C(F)(F)F)cc3F)C2)C1.N[C@@H]1CNCC[C@@H]1O. The predicted molar refractivity (Wildman–Crippen MR) is 108 cm³/mol. The minimum Gasteiger partial charge on any atom is -0.391 e. The Morgan fingerprint density at radius 3 is 2.35 bits per heavy atom. The Hall–Kier alpha value is -1.59. The quantitative estimate of drug-likeness (QED) is 0.475. The van der Waals surface area contributed by atoms with E-state index in [1.165, 1.54) is 13.0 Å². The van der Waals surface area contributed by atoms with Gasteiger partial charge in [-0.3, -0.25) is 0 Å². The van der Waals surface area contributed by atoms with Crippen molar-refractivity contribution in [2.24, 2.45) is 11.1 Å². The van der Waals surface area contributed by atoms with Gasteiger partial charge in [0.15, 0.2) is 0 Å². The Labute approximate surface area is 179 Å². The van der Waals surface area contributed by atoms with Crippen LogP contribution in [0.5, 0.6) is 0 Å². The maximum Gasteiger partial charge on any atom is 0.416 e. The fourth-order valence-electron chi connectivity index (χ4n) is 4.20. The standard InChI is InChI=1S/C14H15F4NO.C5H12N2O.C2H4O/c1-20-19-7-13(8-19)5-9(6-13)11-3-2-10(4-12(11)15)14(16,17)18;6-4-3-7-2-1-5(4)8;1-2-3/h2-4,9H,5-8H2,1H3;4-5,7-8H,1-3,6H2;2H,1H3/t;4-,5+;/m.1./s1. The zero-order valence-electron chi connectivity index (χ0n) is 17.8. The number of aldehydes is 1. The van der Waals surface area contributed by atoms with Crippen LogP contribution >= 0.6 is 0 Å². The van der Waals surface area contributed by atoms with Gasteiger partial charge in [0, 0.05) is 31.1 Å². The highest BCUT2D eigenvalue weighted by molar-refractivity contribution is 5.44.